The standard InChI is InChI=1S/C24H24FN3O3S/c25-19-11-13-20(14-12-19)27-24(29)23(18-7-2-1-3-8-18)26-21-9-6-10-22(17-21)32(30,31)28-15-4-5-16-28/h1-3,6-14,17,23,26H,4-5,15-16H2,(H,27,29). The maximum atomic E-state index is 13.2. The average Bonchev–Trinajstić information content (AvgIpc) is 3.36. The highest BCUT2D eigenvalue weighted by Gasteiger charge is 2.28. The van der Waals surface area contributed by atoms with E-state index >= 15 is 0 Å². The van der Waals surface area contributed by atoms with Gasteiger partial charge in [0.15, 0.2) is 0 Å². The minimum Gasteiger partial charge on any atom is -0.370 e. The summed E-state index contributed by atoms with van der Waals surface area (Å²) < 4.78 is 40.6. The van der Waals surface area contributed by atoms with E-state index in [-0.39, 0.29) is 10.8 Å². The molecule has 1 aliphatic heterocycles. The molecule has 2 N–H and O–H groups in total. The molecule has 0 aromatic heterocycles. The van der Waals surface area contributed by atoms with Gasteiger partial charge in [-0.25, -0.2) is 12.8 Å². The minimum atomic E-state index is -3.58. The van der Waals surface area contributed by atoms with Crippen molar-refractivity contribution in [1.29, 1.82) is 0 Å². The summed E-state index contributed by atoms with van der Waals surface area (Å²) in [5, 5.41) is 5.94. The maximum absolute atomic E-state index is 13.2. The highest BCUT2D eigenvalue weighted by Crippen LogP contribution is 2.26. The van der Waals surface area contributed by atoms with Crippen LogP contribution in [0.2, 0.25) is 0 Å². The first-order chi connectivity index (χ1) is 15.4. The molecule has 0 bridgehead atoms. The molecular formula is C24H24FN3O3S. The van der Waals surface area contributed by atoms with Crippen molar-refractivity contribution in [3.63, 3.8) is 0 Å². The number of amides is 1. The molecule has 166 valence electrons. The normalized spacial score (nSPS) is 15.3. The van der Waals surface area contributed by atoms with E-state index < -0.39 is 21.9 Å². The first kappa shape index (κ1) is 22.0. The minimum absolute atomic E-state index is 0.190. The number of halogens is 1. The first-order valence-corrected chi connectivity index (χ1v) is 11.9. The molecule has 3 aromatic rings. The van der Waals surface area contributed by atoms with Gasteiger partial charge in [-0.1, -0.05) is 36.4 Å². The summed E-state index contributed by atoms with van der Waals surface area (Å²) >= 11 is 0. The van der Waals surface area contributed by atoms with E-state index in [4.69, 9.17) is 0 Å². The second-order valence-electron chi connectivity index (χ2n) is 7.62. The van der Waals surface area contributed by atoms with Crippen molar-refractivity contribution in [1.82, 2.24) is 4.31 Å². The molecule has 3 aromatic carbocycles. The monoisotopic (exact) mass is 453 g/mol. The molecule has 32 heavy (non-hydrogen) atoms. The molecular weight excluding hydrogens is 429 g/mol. The van der Waals surface area contributed by atoms with Gasteiger partial charge >= 0.3 is 0 Å². The molecule has 1 heterocycles. The summed E-state index contributed by atoms with van der Waals surface area (Å²) in [6.45, 7) is 1.04. The number of carbonyl (C=O) groups excluding carboxylic acids is 1. The Balaban J connectivity index is 1.60. The van der Waals surface area contributed by atoms with Crippen LogP contribution >= 0.6 is 0 Å². The molecule has 1 unspecified atom stereocenters. The van der Waals surface area contributed by atoms with E-state index in [0.717, 1.165) is 12.8 Å². The molecule has 1 saturated heterocycles. The van der Waals surface area contributed by atoms with Crippen molar-refractivity contribution in [2.24, 2.45) is 0 Å². The predicted molar refractivity (Wildman–Crippen MR) is 122 cm³/mol. The third-order valence-corrected chi connectivity index (χ3v) is 7.25. The number of nitrogens with one attached hydrogen (secondary N) is 2. The van der Waals surface area contributed by atoms with Gasteiger partial charge in [0, 0.05) is 24.5 Å². The zero-order valence-corrected chi connectivity index (χ0v) is 18.2. The van der Waals surface area contributed by atoms with E-state index in [1.54, 1.807) is 24.3 Å². The molecule has 0 saturated carbocycles. The number of nitrogens with zero attached hydrogens (tertiary/aromatic N) is 1. The van der Waals surface area contributed by atoms with E-state index in [9.17, 15) is 17.6 Å². The van der Waals surface area contributed by atoms with Crippen LogP contribution < -0.4 is 10.6 Å². The van der Waals surface area contributed by atoms with Crippen LogP contribution in [-0.4, -0.2) is 31.7 Å². The summed E-state index contributed by atoms with van der Waals surface area (Å²) in [6, 6.07) is 20.3. The van der Waals surface area contributed by atoms with Crippen LogP contribution in [0.25, 0.3) is 0 Å². The third-order valence-electron chi connectivity index (χ3n) is 5.35. The smallest absolute Gasteiger partial charge is 0.251 e. The zero-order valence-electron chi connectivity index (χ0n) is 17.4. The Bertz CT molecular complexity index is 1180. The largest absolute Gasteiger partial charge is 0.370 e. The summed E-state index contributed by atoms with van der Waals surface area (Å²) in [4.78, 5) is 13.3. The lowest BCUT2D eigenvalue weighted by Gasteiger charge is -2.21. The topological polar surface area (TPSA) is 78.5 Å². The maximum Gasteiger partial charge on any atom is 0.251 e. The van der Waals surface area contributed by atoms with Gasteiger partial charge in [0.2, 0.25) is 10.0 Å². The molecule has 1 amide bonds. The fraction of sp³-hybridized carbons (Fsp3) is 0.208. The van der Waals surface area contributed by atoms with Crippen molar-refractivity contribution in [3.05, 3.63) is 90.2 Å². The quantitative estimate of drug-likeness (QED) is 0.556. The van der Waals surface area contributed by atoms with Gasteiger partial charge in [-0.3, -0.25) is 4.79 Å². The van der Waals surface area contributed by atoms with Gasteiger partial charge in [0.05, 0.1) is 4.90 Å². The number of hydrogen-bond donors (Lipinski definition) is 2. The Labute approximate surface area is 187 Å². The van der Waals surface area contributed by atoms with Crippen molar-refractivity contribution in [3.8, 4) is 0 Å². The molecule has 4 rings (SSSR count). The van der Waals surface area contributed by atoms with Gasteiger partial charge in [-0.2, -0.15) is 4.31 Å². The van der Waals surface area contributed by atoms with Gasteiger partial charge < -0.3 is 10.6 Å². The van der Waals surface area contributed by atoms with Crippen LogP contribution in [0.4, 0.5) is 15.8 Å². The summed E-state index contributed by atoms with van der Waals surface area (Å²) in [5.74, 6) is -0.743. The molecule has 6 nitrogen and oxygen atoms in total. The van der Waals surface area contributed by atoms with Crippen molar-refractivity contribution < 1.29 is 17.6 Å². The number of benzene rings is 3. The second kappa shape index (κ2) is 9.50. The highest BCUT2D eigenvalue weighted by atomic mass is 32.2. The summed E-state index contributed by atoms with van der Waals surface area (Å²) in [5.41, 5.74) is 1.68. The van der Waals surface area contributed by atoms with Gasteiger partial charge in [-0.05, 0) is 60.9 Å². The first-order valence-electron chi connectivity index (χ1n) is 10.4. The van der Waals surface area contributed by atoms with E-state index in [2.05, 4.69) is 10.6 Å². The zero-order chi connectivity index (χ0) is 22.6. The number of sulfonamides is 1. The number of rotatable bonds is 7. The lowest BCUT2D eigenvalue weighted by molar-refractivity contribution is -0.117. The Morgan fingerprint density at radius 3 is 2.25 bits per heavy atom. The molecule has 0 radical (unpaired) electrons. The van der Waals surface area contributed by atoms with Crippen LogP contribution in [0.15, 0.2) is 83.8 Å². The third kappa shape index (κ3) is 4.98. The van der Waals surface area contributed by atoms with Crippen molar-refractivity contribution in [2.45, 2.75) is 23.8 Å². The van der Waals surface area contributed by atoms with Crippen LogP contribution in [0, 0.1) is 5.82 Å². The number of carbonyl (C=O) groups is 1. The van der Waals surface area contributed by atoms with E-state index in [1.807, 2.05) is 30.3 Å². The van der Waals surface area contributed by atoms with Crippen molar-refractivity contribution in [2.75, 3.05) is 23.7 Å². The SMILES string of the molecule is O=C(Nc1ccc(F)cc1)C(Nc1cccc(S(=O)(=O)N2CCCC2)c1)c1ccccc1. The fourth-order valence-corrected chi connectivity index (χ4v) is 5.25. The molecule has 1 atom stereocenters. The Kier molecular flexibility index (Phi) is 6.53. The number of hydrogen-bond acceptors (Lipinski definition) is 4. The average molecular weight is 454 g/mol. The molecule has 1 fully saturated rings. The Morgan fingerprint density at radius 1 is 0.875 bits per heavy atom. The summed E-state index contributed by atoms with van der Waals surface area (Å²) in [6.07, 6.45) is 1.72. The fourth-order valence-electron chi connectivity index (χ4n) is 3.68. The lowest BCUT2D eigenvalue weighted by atomic mass is 10.1. The van der Waals surface area contributed by atoms with Crippen LogP contribution in [0.1, 0.15) is 24.4 Å². The predicted octanol–water partition coefficient (Wildman–Crippen LogP) is 4.40. The van der Waals surface area contributed by atoms with Gasteiger partial charge in [0.25, 0.3) is 5.91 Å². The Hall–Kier alpha value is -3.23. The second-order valence-corrected chi connectivity index (χ2v) is 9.56. The van der Waals surface area contributed by atoms with Crippen LogP contribution in [0.5, 0.6) is 0 Å². The summed E-state index contributed by atoms with van der Waals surface area (Å²) in [7, 11) is -3.58. The molecule has 0 aliphatic carbocycles. The van der Waals surface area contributed by atoms with Gasteiger partial charge in [0.1, 0.15) is 11.9 Å². The van der Waals surface area contributed by atoms with Gasteiger partial charge in [-0.15, -0.1) is 0 Å². The van der Waals surface area contributed by atoms with Crippen molar-refractivity contribution >= 4 is 27.3 Å². The highest BCUT2D eigenvalue weighted by molar-refractivity contribution is 7.89. The molecule has 1 aliphatic rings. The number of anilines is 2. The van der Waals surface area contributed by atoms with Crippen LogP contribution in [-0.2, 0) is 14.8 Å². The molecule has 0 spiro atoms. The van der Waals surface area contributed by atoms with E-state index in [0.29, 0.717) is 30.0 Å². The Morgan fingerprint density at radius 2 is 1.56 bits per heavy atom. The van der Waals surface area contributed by atoms with E-state index in [1.165, 1.54) is 28.6 Å². The molecule has 8 heteroatoms. The lowest BCUT2D eigenvalue weighted by Crippen LogP contribution is -2.29. The van der Waals surface area contributed by atoms with Crippen LogP contribution in [0.3, 0.4) is 0 Å².